The molecule has 0 saturated carbocycles. The number of hydrogen-bond donors (Lipinski definition) is 1. The summed E-state index contributed by atoms with van der Waals surface area (Å²) < 4.78 is -0.163. The van der Waals surface area contributed by atoms with Crippen LogP contribution in [0.2, 0.25) is 0 Å². The van der Waals surface area contributed by atoms with E-state index in [4.69, 9.17) is 5.11 Å². The van der Waals surface area contributed by atoms with Gasteiger partial charge in [-0.2, -0.15) is 0 Å². The molecule has 0 aromatic rings. The number of carbonyl (C=O) groups is 1. The molecule has 0 heterocycles. The number of alkyl halides is 1. The first-order valence-electron chi connectivity index (χ1n) is 3.98. The van der Waals surface area contributed by atoms with Crippen molar-refractivity contribution >= 4 is 21.9 Å². The minimum absolute atomic E-state index is 0.0733. The van der Waals surface area contributed by atoms with Gasteiger partial charge < -0.3 is 5.11 Å². The highest BCUT2D eigenvalue weighted by Crippen LogP contribution is 2.24. The first-order chi connectivity index (χ1) is 5.99. The van der Waals surface area contributed by atoms with Gasteiger partial charge in [-0.05, 0) is 12.5 Å². The van der Waals surface area contributed by atoms with Crippen LogP contribution in [-0.2, 0) is 4.79 Å². The lowest BCUT2D eigenvalue weighted by atomic mass is 10.1. The zero-order chi connectivity index (χ0) is 9.90. The minimum atomic E-state index is -0.803. The molecule has 0 aromatic heterocycles. The van der Waals surface area contributed by atoms with E-state index in [-0.39, 0.29) is 10.7 Å². The van der Waals surface area contributed by atoms with Crippen LogP contribution < -0.4 is 0 Å². The molecule has 0 amide bonds. The standard InChI is InChI=1S/C10H11BrO2/c1-10(11)5-2-3-8(4-6-10)7-9(12)13/h2-6H,7H2,1H3,(H,12,13). The summed E-state index contributed by atoms with van der Waals surface area (Å²) in [5, 5.41) is 8.58. The second-order valence-corrected chi connectivity index (χ2v) is 4.86. The molecular formula is C10H11BrO2. The maximum atomic E-state index is 10.4. The molecule has 0 bridgehead atoms. The molecule has 1 N–H and O–H groups in total. The molecule has 1 aliphatic carbocycles. The second kappa shape index (κ2) is 3.92. The summed E-state index contributed by atoms with van der Waals surface area (Å²) in [6.45, 7) is 2.00. The van der Waals surface area contributed by atoms with Crippen LogP contribution in [0.4, 0.5) is 0 Å². The molecule has 2 nitrogen and oxygen atoms in total. The van der Waals surface area contributed by atoms with Crippen molar-refractivity contribution < 1.29 is 9.90 Å². The summed E-state index contributed by atoms with van der Waals surface area (Å²) in [5.74, 6) is -0.803. The Kier molecular flexibility index (Phi) is 3.09. The van der Waals surface area contributed by atoms with Gasteiger partial charge in [-0.15, -0.1) is 0 Å². The average molecular weight is 243 g/mol. The van der Waals surface area contributed by atoms with Crippen LogP contribution in [0, 0.1) is 0 Å². The molecule has 1 unspecified atom stereocenters. The SMILES string of the molecule is CC1(Br)C=CC=C(CC(=O)O)C=C1. The van der Waals surface area contributed by atoms with Gasteiger partial charge >= 0.3 is 5.97 Å². The first-order valence-corrected chi connectivity index (χ1v) is 4.77. The van der Waals surface area contributed by atoms with Crippen molar-refractivity contribution in [2.24, 2.45) is 0 Å². The Morgan fingerprint density at radius 2 is 2.31 bits per heavy atom. The minimum Gasteiger partial charge on any atom is -0.481 e. The van der Waals surface area contributed by atoms with Gasteiger partial charge in [0.25, 0.3) is 0 Å². The van der Waals surface area contributed by atoms with Crippen LogP contribution in [0.3, 0.4) is 0 Å². The molecule has 1 rings (SSSR count). The maximum Gasteiger partial charge on any atom is 0.307 e. The van der Waals surface area contributed by atoms with Crippen molar-refractivity contribution in [3.63, 3.8) is 0 Å². The smallest absolute Gasteiger partial charge is 0.307 e. The van der Waals surface area contributed by atoms with Crippen LogP contribution in [0.15, 0.2) is 36.0 Å². The van der Waals surface area contributed by atoms with E-state index in [1.807, 2.05) is 37.3 Å². The van der Waals surface area contributed by atoms with Gasteiger partial charge in [-0.3, -0.25) is 4.79 Å². The van der Waals surface area contributed by atoms with Crippen LogP contribution in [0.1, 0.15) is 13.3 Å². The van der Waals surface area contributed by atoms with Crippen molar-refractivity contribution in [3.8, 4) is 0 Å². The van der Waals surface area contributed by atoms with E-state index < -0.39 is 5.97 Å². The highest BCUT2D eigenvalue weighted by atomic mass is 79.9. The lowest BCUT2D eigenvalue weighted by molar-refractivity contribution is -0.136. The number of hydrogen-bond acceptors (Lipinski definition) is 1. The largest absolute Gasteiger partial charge is 0.481 e. The molecule has 1 atom stereocenters. The Morgan fingerprint density at radius 1 is 1.62 bits per heavy atom. The van der Waals surface area contributed by atoms with Gasteiger partial charge in [0.05, 0.1) is 10.7 Å². The van der Waals surface area contributed by atoms with E-state index in [2.05, 4.69) is 15.9 Å². The average Bonchev–Trinajstić information content (AvgIpc) is 2.12. The van der Waals surface area contributed by atoms with E-state index in [0.717, 1.165) is 5.57 Å². The Bertz CT molecular complexity index is 298. The number of rotatable bonds is 2. The fourth-order valence-corrected chi connectivity index (χ4v) is 1.32. The normalized spacial score (nSPS) is 26.8. The van der Waals surface area contributed by atoms with Crippen LogP contribution in [0.25, 0.3) is 0 Å². The number of carboxylic acid groups (broad SMARTS) is 1. The van der Waals surface area contributed by atoms with Gasteiger partial charge in [0, 0.05) is 0 Å². The van der Waals surface area contributed by atoms with E-state index in [9.17, 15) is 4.79 Å². The molecule has 3 heteroatoms. The third kappa shape index (κ3) is 3.59. The van der Waals surface area contributed by atoms with Crippen LogP contribution in [-0.4, -0.2) is 15.4 Å². The topological polar surface area (TPSA) is 37.3 Å². The van der Waals surface area contributed by atoms with Crippen molar-refractivity contribution in [2.75, 3.05) is 0 Å². The zero-order valence-corrected chi connectivity index (χ0v) is 8.91. The Morgan fingerprint density at radius 3 is 2.92 bits per heavy atom. The van der Waals surface area contributed by atoms with Crippen molar-refractivity contribution in [2.45, 2.75) is 17.7 Å². The van der Waals surface area contributed by atoms with E-state index >= 15 is 0 Å². The molecule has 1 aliphatic rings. The fourth-order valence-electron chi connectivity index (χ4n) is 1.03. The van der Waals surface area contributed by atoms with E-state index in [0.29, 0.717) is 0 Å². The number of allylic oxidation sites excluding steroid dienone is 5. The van der Waals surface area contributed by atoms with Crippen molar-refractivity contribution in [1.82, 2.24) is 0 Å². The van der Waals surface area contributed by atoms with Crippen molar-refractivity contribution in [1.29, 1.82) is 0 Å². The third-order valence-electron chi connectivity index (χ3n) is 1.71. The Hall–Kier alpha value is -0.830. The van der Waals surface area contributed by atoms with Gasteiger partial charge in [0.2, 0.25) is 0 Å². The molecular weight excluding hydrogens is 232 g/mol. The van der Waals surface area contributed by atoms with Crippen LogP contribution >= 0.6 is 15.9 Å². The molecule has 0 radical (unpaired) electrons. The third-order valence-corrected chi connectivity index (χ3v) is 2.24. The quantitative estimate of drug-likeness (QED) is 0.757. The van der Waals surface area contributed by atoms with E-state index in [1.54, 1.807) is 0 Å². The predicted octanol–water partition coefficient (Wildman–Crippen LogP) is 2.67. The lowest BCUT2D eigenvalue weighted by Gasteiger charge is -2.09. The number of aliphatic carboxylic acids is 1. The maximum absolute atomic E-state index is 10.4. The predicted molar refractivity (Wildman–Crippen MR) is 55.9 cm³/mol. The summed E-state index contributed by atoms with van der Waals surface area (Å²) in [5.41, 5.74) is 0.812. The Balaban J connectivity index is 2.76. The first kappa shape index (κ1) is 10.3. The lowest BCUT2D eigenvalue weighted by Crippen LogP contribution is -2.05. The molecule has 13 heavy (non-hydrogen) atoms. The molecule has 0 saturated heterocycles. The summed E-state index contributed by atoms with van der Waals surface area (Å²) >= 11 is 3.48. The van der Waals surface area contributed by atoms with E-state index in [1.165, 1.54) is 0 Å². The summed E-state index contributed by atoms with van der Waals surface area (Å²) in [4.78, 5) is 10.4. The molecule has 0 spiro atoms. The van der Waals surface area contributed by atoms with Gasteiger partial charge in [-0.1, -0.05) is 46.3 Å². The highest BCUT2D eigenvalue weighted by Gasteiger charge is 2.13. The molecule has 0 aromatic carbocycles. The Labute approximate surface area is 85.8 Å². The monoisotopic (exact) mass is 242 g/mol. The fraction of sp³-hybridized carbons (Fsp3) is 0.300. The van der Waals surface area contributed by atoms with Gasteiger partial charge in [0.1, 0.15) is 0 Å². The number of halogens is 1. The summed E-state index contributed by atoms with van der Waals surface area (Å²) in [6, 6.07) is 0. The van der Waals surface area contributed by atoms with Crippen LogP contribution in [0.5, 0.6) is 0 Å². The second-order valence-electron chi connectivity index (χ2n) is 3.16. The number of carboxylic acids is 1. The summed E-state index contributed by atoms with van der Waals surface area (Å²) in [7, 11) is 0. The van der Waals surface area contributed by atoms with Gasteiger partial charge in [0.15, 0.2) is 0 Å². The molecule has 0 aliphatic heterocycles. The molecule has 0 fully saturated rings. The molecule has 70 valence electrons. The zero-order valence-electron chi connectivity index (χ0n) is 7.33. The van der Waals surface area contributed by atoms with Gasteiger partial charge in [-0.25, -0.2) is 0 Å². The highest BCUT2D eigenvalue weighted by molar-refractivity contribution is 9.10. The van der Waals surface area contributed by atoms with Crippen molar-refractivity contribution in [3.05, 3.63) is 36.0 Å². The summed E-state index contributed by atoms with van der Waals surface area (Å²) in [6.07, 6.45) is 9.50.